The Labute approximate surface area is 146 Å². The third-order valence-electron chi connectivity index (χ3n) is 4.80. The molecule has 4 rings (SSSR count). The van der Waals surface area contributed by atoms with Crippen molar-refractivity contribution < 1.29 is 5.11 Å². The first-order chi connectivity index (χ1) is 12.3. The third-order valence-corrected chi connectivity index (χ3v) is 4.80. The van der Waals surface area contributed by atoms with Crippen LogP contribution in [0.4, 0.5) is 0 Å². The molecule has 1 aliphatic carbocycles. The lowest BCUT2D eigenvalue weighted by Gasteiger charge is -2.16. The molecular weight excluding hydrogens is 316 g/mol. The zero-order chi connectivity index (χ0) is 17.1. The molecular formula is C18H22N6O. The van der Waals surface area contributed by atoms with Gasteiger partial charge < -0.3 is 10.4 Å². The largest absolute Gasteiger partial charge is 0.391 e. The number of nitrogens with one attached hydrogen (secondary N) is 1. The van der Waals surface area contributed by atoms with Gasteiger partial charge in [0.15, 0.2) is 0 Å². The molecule has 0 aliphatic heterocycles. The molecule has 2 aromatic heterocycles. The molecule has 7 nitrogen and oxygen atoms in total. The molecule has 7 heteroatoms. The minimum atomic E-state index is -0.332. The minimum Gasteiger partial charge on any atom is -0.391 e. The highest BCUT2D eigenvalue weighted by Crippen LogP contribution is 2.27. The fourth-order valence-electron chi connectivity index (χ4n) is 3.56. The number of rotatable bonds is 6. The predicted molar refractivity (Wildman–Crippen MR) is 92.9 cm³/mol. The average Bonchev–Trinajstić information content (AvgIpc) is 3.36. The summed E-state index contributed by atoms with van der Waals surface area (Å²) in [5.74, 6) is 0.435. The summed E-state index contributed by atoms with van der Waals surface area (Å²) >= 11 is 0. The van der Waals surface area contributed by atoms with Crippen molar-refractivity contribution in [2.45, 2.75) is 38.1 Å². The SMILES string of the molecule is O[C@@H]1CC(Cn2cccn2)C[C@H]1NCc1cnnn1-c1ccccc1. The zero-order valence-electron chi connectivity index (χ0n) is 13.9. The molecule has 0 saturated heterocycles. The maximum Gasteiger partial charge on any atom is 0.0783 e. The van der Waals surface area contributed by atoms with Crippen LogP contribution in [0.1, 0.15) is 18.5 Å². The van der Waals surface area contributed by atoms with Crippen molar-refractivity contribution in [2.24, 2.45) is 5.92 Å². The van der Waals surface area contributed by atoms with Crippen molar-refractivity contribution >= 4 is 0 Å². The molecule has 1 aromatic carbocycles. The van der Waals surface area contributed by atoms with Crippen molar-refractivity contribution in [3.8, 4) is 5.69 Å². The summed E-state index contributed by atoms with van der Waals surface area (Å²) in [6.45, 7) is 1.48. The van der Waals surface area contributed by atoms with Crippen LogP contribution in [0.2, 0.25) is 0 Å². The van der Waals surface area contributed by atoms with Crippen molar-refractivity contribution in [3.63, 3.8) is 0 Å². The van der Waals surface area contributed by atoms with E-state index in [2.05, 4.69) is 20.7 Å². The van der Waals surface area contributed by atoms with Gasteiger partial charge in [0.1, 0.15) is 0 Å². The number of nitrogens with zero attached hydrogens (tertiary/aromatic N) is 5. The van der Waals surface area contributed by atoms with Crippen LogP contribution in [0.3, 0.4) is 0 Å². The molecule has 1 aliphatic rings. The van der Waals surface area contributed by atoms with Gasteiger partial charge in [-0.1, -0.05) is 23.4 Å². The van der Waals surface area contributed by atoms with E-state index in [0.717, 1.165) is 30.8 Å². The summed E-state index contributed by atoms with van der Waals surface area (Å²) in [4.78, 5) is 0. The minimum absolute atomic E-state index is 0.0830. The maximum atomic E-state index is 10.4. The van der Waals surface area contributed by atoms with Crippen molar-refractivity contribution in [1.82, 2.24) is 30.1 Å². The van der Waals surface area contributed by atoms with Gasteiger partial charge in [0.2, 0.25) is 0 Å². The molecule has 0 radical (unpaired) electrons. The summed E-state index contributed by atoms with van der Waals surface area (Å²) in [6, 6.07) is 12.0. The molecule has 1 saturated carbocycles. The maximum absolute atomic E-state index is 10.4. The highest BCUT2D eigenvalue weighted by Gasteiger charge is 2.33. The number of aliphatic hydroxyl groups is 1. The highest BCUT2D eigenvalue weighted by molar-refractivity contribution is 5.31. The molecule has 130 valence electrons. The normalized spacial score (nSPS) is 23.2. The summed E-state index contributed by atoms with van der Waals surface area (Å²) in [5, 5.41) is 26.3. The van der Waals surface area contributed by atoms with Crippen LogP contribution in [-0.4, -0.2) is 42.0 Å². The second kappa shape index (κ2) is 7.16. The van der Waals surface area contributed by atoms with Gasteiger partial charge in [0.25, 0.3) is 0 Å². The Bertz CT molecular complexity index is 785. The predicted octanol–water partition coefficient (Wildman–Crippen LogP) is 1.39. The van der Waals surface area contributed by atoms with Gasteiger partial charge in [-0.3, -0.25) is 4.68 Å². The van der Waals surface area contributed by atoms with E-state index < -0.39 is 0 Å². The van der Waals surface area contributed by atoms with Crippen LogP contribution in [0.5, 0.6) is 0 Å². The van der Waals surface area contributed by atoms with E-state index in [1.807, 2.05) is 52.0 Å². The van der Waals surface area contributed by atoms with Crippen molar-refractivity contribution in [1.29, 1.82) is 0 Å². The smallest absolute Gasteiger partial charge is 0.0783 e. The van der Waals surface area contributed by atoms with Gasteiger partial charge in [-0.15, -0.1) is 5.10 Å². The molecule has 2 heterocycles. The molecule has 3 atom stereocenters. The van der Waals surface area contributed by atoms with Crippen molar-refractivity contribution in [3.05, 3.63) is 60.7 Å². The monoisotopic (exact) mass is 338 g/mol. The molecule has 1 unspecified atom stereocenters. The number of para-hydroxylation sites is 1. The number of aliphatic hydroxyl groups excluding tert-OH is 1. The van der Waals surface area contributed by atoms with Gasteiger partial charge in [-0.05, 0) is 37.0 Å². The van der Waals surface area contributed by atoms with Crippen LogP contribution >= 0.6 is 0 Å². The van der Waals surface area contributed by atoms with Crippen LogP contribution in [0, 0.1) is 5.92 Å². The van der Waals surface area contributed by atoms with Crippen LogP contribution in [0.15, 0.2) is 55.0 Å². The lowest BCUT2D eigenvalue weighted by molar-refractivity contribution is 0.145. The zero-order valence-corrected chi connectivity index (χ0v) is 13.9. The van der Waals surface area contributed by atoms with Gasteiger partial charge in [-0.25, -0.2) is 4.68 Å². The van der Waals surface area contributed by atoms with E-state index in [1.165, 1.54) is 0 Å². The Morgan fingerprint density at radius 2 is 2.04 bits per heavy atom. The molecule has 1 fully saturated rings. The summed E-state index contributed by atoms with van der Waals surface area (Å²) in [7, 11) is 0. The molecule has 2 N–H and O–H groups in total. The molecule has 25 heavy (non-hydrogen) atoms. The van der Waals surface area contributed by atoms with Crippen molar-refractivity contribution in [2.75, 3.05) is 0 Å². The Hall–Kier alpha value is -2.51. The van der Waals surface area contributed by atoms with Gasteiger partial charge in [-0.2, -0.15) is 5.10 Å². The van der Waals surface area contributed by atoms with Gasteiger partial charge >= 0.3 is 0 Å². The summed E-state index contributed by atoms with van der Waals surface area (Å²) in [5.41, 5.74) is 1.97. The van der Waals surface area contributed by atoms with Crippen LogP contribution in [-0.2, 0) is 13.1 Å². The molecule has 3 aromatic rings. The van der Waals surface area contributed by atoms with E-state index in [1.54, 1.807) is 12.4 Å². The van der Waals surface area contributed by atoms with Gasteiger partial charge in [0.05, 0.1) is 23.7 Å². The third kappa shape index (κ3) is 3.62. The first-order valence-corrected chi connectivity index (χ1v) is 8.63. The highest BCUT2D eigenvalue weighted by atomic mass is 16.3. The average molecular weight is 338 g/mol. The molecule has 0 amide bonds. The summed E-state index contributed by atoms with van der Waals surface area (Å²) < 4.78 is 3.77. The number of hydrogen-bond acceptors (Lipinski definition) is 5. The molecule has 0 spiro atoms. The standard InChI is InChI=1S/C18H22N6O/c25-18-10-14(13-23-8-4-7-21-23)9-17(18)19-11-16-12-20-22-24(16)15-5-2-1-3-6-15/h1-8,12,14,17-19,25H,9-11,13H2/t14?,17-,18-/m1/s1. The summed E-state index contributed by atoms with van der Waals surface area (Å²) in [6.07, 6.45) is 6.93. The Balaban J connectivity index is 1.37. The van der Waals surface area contributed by atoms with E-state index in [0.29, 0.717) is 12.5 Å². The molecule has 0 bridgehead atoms. The topological polar surface area (TPSA) is 80.8 Å². The van der Waals surface area contributed by atoms with E-state index in [9.17, 15) is 5.11 Å². The Morgan fingerprint density at radius 1 is 1.16 bits per heavy atom. The first-order valence-electron chi connectivity index (χ1n) is 8.63. The number of benzene rings is 1. The Kier molecular flexibility index (Phi) is 4.58. The quantitative estimate of drug-likeness (QED) is 0.710. The van der Waals surface area contributed by atoms with Crippen LogP contribution < -0.4 is 5.32 Å². The first kappa shape index (κ1) is 16.0. The van der Waals surface area contributed by atoms with E-state index in [4.69, 9.17) is 0 Å². The fourth-order valence-corrected chi connectivity index (χ4v) is 3.56. The second-order valence-corrected chi connectivity index (χ2v) is 6.59. The van der Waals surface area contributed by atoms with Crippen LogP contribution in [0.25, 0.3) is 5.69 Å². The van der Waals surface area contributed by atoms with E-state index in [-0.39, 0.29) is 12.1 Å². The lowest BCUT2D eigenvalue weighted by atomic mass is 10.1. The fraction of sp³-hybridized carbons (Fsp3) is 0.389. The Morgan fingerprint density at radius 3 is 2.84 bits per heavy atom. The van der Waals surface area contributed by atoms with Gasteiger partial charge in [0, 0.05) is 31.5 Å². The lowest BCUT2D eigenvalue weighted by Crippen LogP contribution is -2.35. The number of aromatic nitrogens is 5. The number of hydrogen-bond donors (Lipinski definition) is 2. The van der Waals surface area contributed by atoms with E-state index >= 15 is 0 Å². The second-order valence-electron chi connectivity index (χ2n) is 6.59.